The summed E-state index contributed by atoms with van der Waals surface area (Å²) < 4.78 is 15.7. The third-order valence-corrected chi connectivity index (χ3v) is 5.90. The first kappa shape index (κ1) is 20.6. The summed E-state index contributed by atoms with van der Waals surface area (Å²) >= 11 is 6.51. The van der Waals surface area contributed by atoms with E-state index in [1.807, 2.05) is 24.3 Å². The number of methoxy groups -OCH3 is 1. The van der Waals surface area contributed by atoms with E-state index in [0.29, 0.717) is 34.9 Å². The second-order valence-electron chi connectivity index (χ2n) is 7.62. The van der Waals surface area contributed by atoms with Gasteiger partial charge >= 0.3 is 0 Å². The average molecular weight is 455 g/mol. The number of benzene rings is 2. The quantitative estimate of drug-likeness (QED) is 0.399. The Morgan fingerprint density at radius 3 is 2.66 bits per heavy atom. The largest absolute Gasteiger partial charge is 0.504 e. The molecule has 2 aliphatic heterocycles. The molecule has 0 bridgehead atoms. The Balaban J connectivity index is 1.53. The molecule has 0 spiro atoms. The average Bonchev–Trinajstić information content (AvgIpc) is 3.51. The molecule has 32 heavy (non-hydrogen) atoms. The highest BCUT2D eigenvalue weighted by atomic mass is 35.5. The second kappa shape index (κ2) is 7.98. The molecule has 0 saturated carbocycles. The molecular weight excluding hydrogens is 436 g/mol. The van der Waals surface area contributed by atoms with Gasteiger partial charge in [0, 0.05) is 17.5 Å². The van der Waals surface area contributed by atoms with Crippen molar-refractivity contribution in [1.82, 2.24) is 5.16 Å². The molecule has 3 aromatic rings. The van der Waals surface area contributed by atoms with E-state index < -0.39 is 12.0 Å². The summed E-state index contributed by atoms with van der Waals surface area (Å²) in [4.78, 5) is 12.6. The Morgan fingerprint density at radius 2 is 2.00 bits per heavy atom. The van der Waals surface area contributed by atoms with Crippen LogP contribution in [-0.4, -0.2) is 41.1 Å². The molecule has 1 aromatic heterocycles. The zero-order valence-corrected chi connectivity index (χ0v) is 17.7. The third kappa shape index (κ3) is 3.52. The van der Waals surface area contributed by atoms with Crippen LogP contribution < -0.4 is 10.1 Å². The van der Waals surface area contributed by atoms with Gasteiger partial charge in [-0.15, -0.1) is 0 Å². The lowest BCUT2D eigenvalue weighted by molar-refractivity contribution is -0.110. The number of carbonyl (C=O) groups is 1. The summed E-state index contributed by atoms with van der Waals surface area (Å²) in [5, 5.41) is 27.2. The van der Waals surface area contributed by atoms with Crippen LogP contribution in [0.5, 0.6) is 5.88 Å². The van der Waals surface area contributed by atoms with Gasteiger partial charge in [-0.25, -0.2) is 0 Å². The molecule has 2 aromatic carbocycles. The second-order valence-corrected chi connectivity index (χ2v) is 8.03. The van der Waals surface area contributed by atoms with Gasteiger partial charge in [0.1, 0.15) is 0 Å². The van der Waals surface area contributed by atoms with E-state index in [4.69, 9.17) is 25.6 Å². The smallest absolute Gasteiger partial charge is 0.260 e. The van der Waals surface area contributed by atoms with Gasteiger partial charge in [-0.3, -0.25) is 4.79 Å². The summed E-state index contributed by atoms with van der Waals surface area (Å²) in [6.45, 7) is 0.333. The Hall–Kier alpha value is -3.33. The number of aliphatic hydroxyl groups excluding tert-OH is 2. The van der Waals surface area contributed by atoms with Crippen LogP contribution in [0, 0.1) is 0 Å². The summed E-state index contributed by atoms with van der Waals surface area (Å²) in [5.74, 6) is -0.633. The van der Waals surface area contributed by atoms with Crippen molar-refractivity contribution in [2.75, 3.05) is 19.0 Å². The van der Waals surface area contributed by atoms with Crippen molar-refractivity contribution in [2.45, 2.75) is 18.6 Å². The number of halogens is 1. The predicted molar refractivity (Wildman–Crippen MR) is 117 cm³/mol. The molecule has 1 fully saturated rings. The number of hydrogen-bond donors (Lipinski definition) is 3. The highest BCUT2D eigenvalue weighted by Gasteiger charge is 2.31. The molecule has 3 N–H and O–H groups in total. The normalized spacial score (nSPS) is 21.4. The highest BCUT2D eigenvalue weighted by Crippen LogP contribution is 2.42. The minimum Gasteiger partial charge on any atom is -0.504 e. The Bertz CT molecular complexity index is 1230. The zero-order valence-electron chi connectivity index (χ0n) is 17.0. The van der Waals surface area contributed by atoms with Gasteiger partial charge in [-0.2, -0.15) is 0 Å². The van der Waals surface area contributed by atoms with Crippen LogP contribution in [0.4, 0.5) is 5.69 Å². The standard InChI is InChI=1S/C23H19ClN2O6/c1-30-20-9-19(32-26-20)22(28)21-15-7-14(16(24)8-17(15)25-23(21)29)11-2-4-12(5-3-11)18-6-13(27)10-31-18/h2-5,7-9,13,18,27-28H,6,10H2,1H3,(H,25,29)/t13-,18-/m0/s1. The lowest BCUT2D eigenvalue weighted by atomic mass is 9.96. The maximum atomic E-state index is 12.6. The van der Waals surface area contributed by atoms with E-state index in [9.17, 15) is 15.0 Å². The van der Waals surface area contributed by atoms with Crippen molar-refractivity contribution in [1.29, 1.82) is 0 Å². The van der Waals surface area contributed by atoms with Crippen molar-refractivity contribution in [3.05, 3.63) is 64.4 Å². The van der Waals surface area contributed by atoms with Crippen LogP contribution in [0.2, 0.25) is 5.02 Å². The number of fused-ring (bicyclic) bond motifs is 1. The van der Waals surface area contributed by atoms with Crippen LogP contribution in [0.3, 0.4) is 0 Å². The van der Waals surface area contributed by atoms with Gasteiger partial charge in [0.15, 0.2) is 5.76 Å². The van der Waals surface area contributed by atoms with Gasteiger partial charge in [0.05, 0.1) is 48.3 Å². The van der Waals surface area contributed by atoms with E-state index in [1.54, 1.807) is 12.1 Å². The number of amides is 1. The minimum atomic E-state index is -0.478. The molecular formula is C23H19ClN2O6. The first-order valence-corrected chi connectivity index (χ1v) is 10.3. The highest BCUT2D eigenvalue weighted by molar-refractivity contribution is 6.38. The summed E-state index contributed by atoms with van der Waals surface area (Å²) in [6, 6.07) is 12.5. The molecule has 164 valence electrons. The topological polar surface area (TPSA) is 114 Å². The first-order chi connectivity index (χ1) is 15.4. The van der Waals surface area contributed by atoms with Crippen LogP contribution in [0.25, 0.3) is 22.5 Å². The van der Waals surface area contributed by atoms with E-state index >= 15 is 0 Å². The number of ether oxygens (including phenoxy) is 2. The van der Waals surface area contributed by atoms with Gasteiger partial charge in [0.25, 0.3) is 11.8 Å². The van der Waals surface area contributed by atoms with Crippen molar-refractivity contribution in [3.8, 4) is 17.0 Å². The zero-order chi connectivity index (χ0) is 22.4. The molecule has 0 aliphatic carbocycles. The molecule has 1 amide bonds. The molecule has 8 nitrogen and oxygen atoms in total. The third-order valence-electron chi connectivity index (χ3n) is 5.59. The fourth-order valence-corrected chi connectivity index (χ4v) is 4.23. The molecule has 3 heterocycles. The van der Waals surface area contributed by atoms with Gasteiger partial charge < -0.3 is 29.5 Å². The number of hydrogen-bond acceptors (Lipinski definition) is 7. The predicted octanol–water partition coefficient (Wildman–Crippen LogP) is 4.20. The molecule has 0 radical (unpaired) electrons. The number of carbonyl (C=O) groups excluding carboxylic acids is 1. The number of aromatic nitrogens is 1. The minimum absolute atomic E-state index is 0.0134. The fraction of sp³-hybridized carbons (Fsp3) is 0.217. The summed E-state index contributed by atoms with van der Waals surface area (Å²) in [5.41, 5.74) is 3.54. The monoisotopic (exact) mass is 454 g/mol. The lowest BCUT2D eigenvalue weighted by Crippen LogP contribution is -2.05. The number of aliphatic hydroxyl groups is 2. The Morgan fingerprint density at radius 1 is 1.22 bits per heavy atom. The van der Waals surface area contributed by atoms with Gasteiger partial charge in [0.2, 0.25) is 5.76 Å². The molecule has 9 heteroatoms. The van der Waals surface area contributed by atoms with Crippen molar-refractivity contribution >= 4 is 34.5 Å². The van der Waals surface area contributed by atoms with E-state index in [1.165, 1.54) is 13.2 Å². The maximum Gasteiger partial charge on any atom is 0.260 e. The van der Waals surface area contributed by atoms with Crippen molar-refractivity contribution < 1.29 is 29.0 Å². The summed E-state index contributed by atoms with van der Waals surface area (Å²) in [7, 11) is 1.42. The lowest BCUT2D eigenvalue weighted by Gasteiger charge is -2.12. The van der Waals surface area contributed by atoms with Crippen molar-refractivity contribution in [2.24, 2.45) is 0 Å². The molecule has 5 rings (SSSR count). The maximum absolute atomic E-state index is 12.6. The van der Waals surface area contributed by atoms with Crippen LogP contribution in [0.1, 0.15) is 29.4 Å². The van der Waals surface area contributed by atoms with E-state index in [-0.39, 0.29) is 29.1 Å². The molecule has 2 aliphatic rings. The number of rotatable bonds is 4. The van der Waals surface area contributed by atoms with Gasteiger partial charge in [-0.1, -0.05) is 35.9 Å². The van der Waals surface area contributed by atoms with Crippen molar-refractivity contribution in [3.63, 3.8) is 0 Å². The van der Waals surface area contributed by atoms with Crippen LogP contribution in [0.15, 0.2) is 47.0 Å². The first-order valence-electron chi connectivity index (χ1n) is 9.94. The molecule has 2 atom stereocenters. The SMILES string of the molecule is COc1cc(C(O)=C2C(=O)Nc3cc(Cl)c(-c4ccc([C@@H]5C[C@H](O)CO5)cc4)cc32)on1. The van der Waals surface area contributed by atoms with Gasteiger partial charge in [-0.05, 0) is 28.4 Å². The van der Waals surface area contributed by atoms with Crippen LogP contribution in [-0.2, 0) is 9.53 Å². The molecule has 1 saturated heterocycles. The number of nitrogens with zero attached hydrogens (tertiary/aromatic N) is 1. The Kier molecular flexibility index (Phi) is 5.13. The van der Waals surface area contributed by atoms with E-state index in [2.05, 4.69) is 10.5 Å². The number of anilines is 1. The Labute approximate surface area is 188 Å². The number of nitrogens with one attached hydrogen (secondary N) is 1. The van der Waals surface area contributed by atoms with E-state index in [0.717, 1.165) is 11.1 Å². The molecule has 0 unspecified atom stereocenters. The fourth-order valence-electron chi connectivity index (χ4n) is 3.96. The summed E-state index contributed by atoms with van der Waals surface area (Å²) in [6.07, 6.45) is -0.0214. The van der Waals surface area contributed by atoms with Crippen LogP contribution >= 0.6 is 11.6 Å².